The molecule has 0 atom stereocenters. The second kappa shape index (κ2) is 8.81. The average molecular weight is 475 g/mol. The first-order valence-electron chi connectivity index (χ1n) is 9.25. The Kier molecular flexibility index (Phi) is 5.78. The lowest BCUT2D eigenvalue weighted by Crippen LogP contribution is -2.32. The third kappa shape index (κ3) is 4.32. The lowest BCUT2D eigenvalue weighted by Gasteiger charge is -2.10. The normalized spacial score (nSPS) is 11.0. The second-order valence-corrected chi connectivity index (χ2v) is 7.44. The Balaban J connectivity index is 1.56. The van der Waals surface area contributed by atoms with Gasteiger partial charge in [0.05, 0.1) is 33.2 Å². The van der Waals surface area contributed by atoms with E-state index in [0.717, 1.165) is 10.2 Å². The first kappa shape index (κ1) is 20.3. The minimum atomic E-state index is -0.616. The van der Waals surface area contributed by atoms with Crippen molar-refractivity contribution in [2.24, 2.45) is 5.10 Å². The van der Waals surface area contributed by atoms with Crippen LogP contribution in [0.3, 0.4) is 0 Å². The molecule has 7 nitrogen and oxygen atoms in total. The van der Waals surface area contributed by atoms with E-state index in [1.165, 1.54) is 6.21 Å². The standard InChI is InChI=1S/C23H15BrN4O3/c24-19-11-15(9-10-21(19)31-14-17-6-2-1-5-16(17)12-25)13-26-28-22(29)18-7-3-4-8-20(18)27-23(28)30/h1-11,13H,14H2,(H,27,30). The number of rotatable bonds is 5. The van der Waals surface area contributed by atoms with Gasteiger partial charge in [0.1, 0.15) is 12.4 Å². The van der Waals surface area contributed by atoms with Gasteiger partial charge in [-0.25, -0.2) is 4.79 Å². The molecule has 1 aromatic heterocycles. The highest BCUT2D eigenvalue weighted by Gasteiger charge is 2.07. The summed E-state index contributed by atoms with van der Waals surface area (Å²) in [5.41, 5.74) is 1.37. The Morgan fingerprint density at radius 1 is 1.10 bits per heavy atom. The number of hydrogen-bond acceptors (Lipinski definition) is 5. The van der Waals surface area contributed by atoms with Gasteiger partial charge >= 0.3 is 5.69 Å². The summed E-state index contributed by atoms with van der Waals surface area (Å²) < 4.78 is 7.28. The van der Waals surface area contributed by atoms with E-state index in [4.69, 9.17) is 4.74 Å². The second-order valence-electron chi connectivity index (χ2n) is 6.58. The molecule has 0 saturated heterocycles. The average Bonchev–Trinajstić information content (AvgIpc) is 2.78. The van der Waals surface area contributed by atoms with E-state index in [0.29, 0.717) is 32.3 Å². The lowest BCUT2D eigenvalue weighted by atomic mass is 10.1. The van der Waals surface area contributed by atoms with Crippen LogP contribution in [-0.2, 0) is 6.61 Å². The highest BCUT2D eigenvalue weighted by Crippen LogP contribution is 2.26. The van der Waals surface area contributed by atoms with Gasteiger partial charge in [-0.3, -0.25) is 4.79 Å². The molecule has 31 heavy (non-hydrogen) atoms. The van der Waals surface area contributed by atoms with Crippen molar-refractivity contribution < 1.29 is 4.74 Å². The number of aromatic amines is 1. The smallest absolute Gasteiger partial charge is 0.349 e. The predicted molar refractivity (Wildman–Crippen MR) is 121 cm³/mol. The minimum Gasteiger partial charge on any atom is -0.488 e. The Labute approximate surface area is 185 Å². The van der Waals surface area contributed by atoms with E-state index in [1.807, 2.05) is 12.1 Å². The van der Waals surface area contributed by atoms with Crippen LogP contribution in [0, 0.1) is 11.3 Å². The highest BCUT2D eigenvalue weighted by atomic mass is 79.9. The number of nitrogens with zero attached hydrogens (tertiary/aromatic N) is 3. The fourth-order valence-corrected chi connectivity index (χ4v) is 3.52. The van der Waals surface area contributed by atoms with E-state index >= 15 is 0 Å². The third-order valence-corrected chi connectivity index (χ3v) is 5.20. The van der Waals surface area contributed by atoms with Crippen molar-refractivity contribution >= 4 is 33.0 Å². The third-order valence-electron chi connectivity index (χ3n) is 4.58. The summed E-state index contributed by atoms with van der Waals surface area (Å²) in [5, 5.41) is 13.6. The Morgan fingerprint density at radius 2 is 1.87 bits per heavy atom. The molecule has 1 N–H and O–H groups in total. The summed E-state index contributed by atoms with van der Waals surface area (Å²) in [6.07, 6.45) is 1.42. The van der Waals surface area contributed by atoms with Crippen molar-refractivity contribution in [1.29, 1.82) is 5.26 Å². The Bertz CT molecular complexity index is 1460. The summed E-state index contributed by atoms with van der Waals surface area (Å²) in [7, 11) is 0. The van der Waals surface area contributed by atoms with Gasteiger partial charge in [-0.15, -0.1) is 4.68 Å². The zero-order valence-corrected chi connectivity index (χ0v) is 17.7. The number of benzene rings is 3. The molecule has 0 radical (unpaired) electrons. The molecule has 8 heteroatoms. The van der Waals surface area contributed by atoms with E-state index in [1.54, 1.807) is 54.6 Å². The fraction of sp³-hybridized carbons (Fsp3) is 0.0435. The number of fused-ring (bicyclic) bond motifs is 1. The van der Waals surface area contributed by atoms with Gasteiger partial charge in [0, 0.05) is 5.56 Å². The van der Waals surface area contributed by atoms with Crippen LogP contribution in [0.4, 0.5) is 0 Å². The quantitative estimate of drug-likeness (QED) is 0.444. The maximum atomic E-state index is 12.5. The molecule has 4 rings (SSSR count). The van der Waals surface area contributed by atoms with E-state index in [2.05, 4.69) is 32.1 Å². The van der Waals surface area contributed by atoms with E-state index < -0.39 is 11.2 Å². The molecule has 0 aliphatic heterocycles. The highest BCUT2D eigenvalue weighted by molar-refractivity contribution is 9.10. The summed E-state index contributed by atoms with van der Waals surface area (Å²) in [6.45, 7) is 0.248. The molecule has 1 heterocycles. The van der Waals surface area contributed by atoms with Crippen LogP contribution in [0.2, 0.25) is 0 Å². The van der Waals surface area contributed by atoms with Crippen LogP contribution in [-0.4, -0.2) is 15.9 Å². The SMILES string of the molecule is N#Cc1ccccc1COc1ccc(C=Nn2c(=O)[nH]c3ccccc3c2=O)cc1Br. The largest absolute Gasteiger partial charge is 0.488 e. The maximum Gasteiger partial charge on any atom is 0.349 e. The zero-order chi connectivity index (χ0) is 21.8. The first-order valence-corrected chi connectivity index (χ1v) is 10.0. The molecule has 0 saturated carbocycles. The molecule has 3 aromatic carbocycles. The molecule has 0 amide bonds. The summed E-state index contributed by atoms with van der Waals surface area (Å²) in [4.78, 5) is 27.4. The number of ether oxygens (including phenoxy) is 1. The van der Waals surface area contributed by atoms with Crippen molar-refractivity contribution in [3.05, 3.63) is 109 Å². The molecule has 4 aromatic rings. The van der Waals surface area contributed by atoms with Crippen molar-refractivity contribution in [1.82, 2.24) is 9.66 Å². The molecule has 0 bridgehead atoms. The minimum absolute atomic E-state index is 0.248. The van der Waals surface area contributed by atoms with Crippen molar-refractivity contribution in [3.63, 3.8) is 0 Å². The van der Waals surface area contributed by atoms with E-state index in [9.17, 15) is 14.9 Å². The number of para-hydroxylation sites is 1. The van der Waals surface area contributed by atoms with Gasteiger partial charge in [-0.05, 0) is 57.9 Å². The number of nitrogens with one attached hydrogen (secondary N) is 1. The molecular weight excluding hydrogens is 460 g/mol. The van der Waals surface area contributed by atoms with Crippen LogP contribution in [0.5, 0.6) is 5.75 Å². The monoisotopic (exact) mass is 474 g/mol. The Hall–Kier alpha value is -3.96. The summed E-state index contributed by atoms with van der Waals surface area (Å²) in [5.74, 6) is 0.589. The van der Waals surface area contributed by atoms with Crippen molar-refractivity contribution in [3.8, 4) is 11.8 Å². The maximum absolute atomic E-state index is 12.5. The molecule has 152 valence electrons. The lowest BCUT2D eigenvalue weighted by molar-refractivity contribution is 0.304. The summed E-state index contributed by atoms with van der Waals surface area (Å²) in [6, 6.07) is 21.4. The van der Waals surface area contributed by atoms with E-state index in [-0.39, 0.29) is 6.61 Å². The van der Waals surface area contributed by atoms with Crippen molar-refractivity contribution in [2.45, 2.75) is 6.61 Å². The Morgan fingerprint density at radius 3 is 2.68 bits per heavy atom. The van der Waals surface area contributed by atoms with Gasteiger partial charge in [-0.1, -0.05) is 30.3 Å². The number of hydrogen-bond donors (Lipinski definition) is 1. The van der Waals surface area contributed by atoms with Gasteiger partial charge in [-0.2, -0.15) is 10.4 Å². The molecule has 0 fully saturated rings. The molecule has 0 spiro atoms. The molecule has 0 unspecified atom stereocenters. The number of halogens is 1. The zero-order valence-electron chi connectivity index (χ0n) is 16.1. The summed E-state index contributed by atoms with van der Waals surface area (Å²) >= 11 is 3.46. The van der Waals surface area contributed by atoms with Crippen LogP contribution in [0.25, 0.3) is 10.9 Å². The molecule has 0 aliphatic carbocycles. The van der Waals surface area contributed by atoms with Crippen LogP contribution in [0.1, 0.15) is 16.7 Å². The van der Waals surface area contributed by atoms with Crippen LogP contribution in [0.15, 0.2) is 85.9 Å². The fourth-order valence-electron chi connectivity index (χ4n) is 3.01. The molecular formula is C23H15BrN4O3. The number of aromatic nitrogens is 2. The van der Waals surface area contributed by atoms with Crippen LogP contribution >= 0.6 is 15.9 Å². The number of nitriles is 1. The van der Waals surface area contributed by atoms with Gasteiger partial charge in [0.15, 0.2) is 0 Å². The topological polar surface area (TPSA) is 100 Å². The van der Waals surface area contributed by atoms with Gasteiger partial charge in [0.25, 0.3) is 5.56 Å². The first-order chi connectivity index (χ1) is 15.1. The van der Waals surface area contributed by atoms with Crippen molar-refractivity contribution in [2.75, 3.05) is 0 Å². The van der Waals surface area contributed by atoms with Gasteiger partial charge < -0.3 is 9.72 Å². The number of H-pyrrole nitrogens is 1. The van der Waals surface area contributed by atoms with Gasteiger partial charge in [0.2, 0.25) is 0 Å². The predicted octanol–water partition coefficient (Wildman–Crippen LogP) is 3.79. The molecule has 0 aliphatic rings. The van der Waals surface area contributed by atoms with Crippen LogP contribution < -0.4 is 16.0 Å².